The van der Waals surface area contributed by atoms with Gasteiger partial charge in [-0.05, 0) is 31.8 Å². The van der Waals surface area contributed by atoms with Crippen LogP contribution in [0.2, 0.25) is 5.02 Å². The van der Waals surface area contributed by atoms with Crippen LogP contribution in [-0.2, 0) is 0 Å². The summed E-state index contributed by atoms with van der Waals surface area (Å²) < 4.78 is 5.68. The second-order valence-corrected chi connectivity index (χ2v) is 4.22. The van der Waals surface area contributed by atoms with Crippen LogP contribution in [0.25, 0.3) is 0 Å². The van der Waals surface area contributed by atoms with E-state index in [0.29, 0.717) is 10.9 Å². The summed E-state index contributed by atoms with van der Waals surface area (Å²) in [5, 5.41) is 3.92. The fourth-order valence-electron chi connectivity index (χ4n) is 1.74. The molecule has 2 rings (SSSR count). The number of nitrogens with zero attached hydrogens (tertiary/aromatic N) is 1. The van der Waals surface area contributed by atoms with Crippen molar-refractivity contribution in [2.24, 2.45) is 5.92 Å². The molecule has 17 heavy (non-hydrogen) atoms. The lowest BCUT2D eigenvalue weighted by atomic mass is 9.99. The molecule has 0 amide bonds. The first-order valence-electron chi connectivity index (χ1n) is 5.29. The monoisotopic (exact) mass is 298 g/mol. The van der Waals surface area contributed by atoms with E-state index in [1.807, 2.05) is 6.07 Å². The van der Waals surface area contributed by atoms with Gasteiger partial charge in [-0.1, -0.05) is 11.6 Å². The van der Waals surface area contributed by atoms with Gasteiger partial charge in [0.15, 0.2) is 0 Å². The Kier molecular flexibility index (Phi) is 8.70. The lowest BCUT2D eigenvalue weighted by Crippen LogP contribution is -2.30. The molecule has 0 radical (unpaired) electrons. The highest BCUT2D eigenvalue weighted by Gasteiger charge is 2.14. The average molecular weight is 300 g/mol. The topological polar surface area (TPSA) is 34.1 Å². The highest BCUT2D eigenvalue weighted by molar-refractivity contribution is 6.31. The van der Waals surface area contributed by atoms with E-state index >= 15 is 0 Å². The quantitative estimate of drug-likeness (QED) is 0.932. The molecule has 1 aliphatic heterocycles. The summed E-state index contributed by atoms with van der Waals surface area (Å²) >= 11 is 5.94. The Labute approximate surface area is 119 Å². The molecule has 1 aromatic heterocycles. The van der Waals surface area contributed by atoms with Gasteiger partial charge in [0.2, 0.25) is 0 Å². The van der Waals surface area contributed by atoms with Crippen molar-refractivity contribution in [3.05, 3.63) is 23.5 Å². The van der Waals surface area contributed by atoms with E-state index in [0.717, 1.165) is 25.4 Å². The van der Waals surface area contributed by atoms with E-state index in [-0.39, 0.29) is 24.8 Å². The minimum atomic E-state index is 0. The largest absolute Gasteiger partial charge is 0.492 e. The first kappa shape index (κ1) is 16.8. The Morgan fingerprint density at radius 1 is 1.35 bits per heavy atom. The zero-order valence-corrected chi connectivity index (χ0v) is 11.8. The highest BCUT2D eigenvalue weighted by Crippen LogP contribution is 2.23. The molecule has 0 spiro atoms. The van der Waals surface area contributed by atoms with E-state index in [9.17, 15) is 0 Å². The minimum Gasteiger partial charge on any atom is -0.492 e. The van der Waals surface area contributed by atoms with Crippen molar-refractivity contribution in [2.45, 2.75) is 12.8 Å². The summed E-state index contributed by atoms with van der Waals surface area (Å²) in [7, 11) is 0. The van der Waals surface area contributed by atoms with Gasteiger partial charge in [-0.3, -0.25) is 4.98 Å². The second kappa shape index (κ2) is 8.81. The second-order valence-electron chi connectivity index (χ2n) is 3.81. The number of pyridine rings is 1. The lowest BCUT2D eigenvalue weighted by Gasteiger charge is -2.22. The van der Waals surface area contributed by atoms with Crippen LogP contribution in [0.15, 0.2) is 18.5 Å². The van der Waals surface area contributed by atoms with Crippen LogP contribution in [0, 0.1) is 5.92 Å². The molecule has 1 N–H and O–H groups in total. The molecular formula is C11H17Cl3N2O. The molecule has 0 saturated carbocycles. The van der Waals surface area contributed by atoms with Gasteiger partial charge in [0.1, 0.15) is 10.8 Å². The average Bonchev–Trinajstić information content (AvgIpc) is 2.29. The van der Waals surface area contributed by atoms with Crippen LogP contribution < -0.4 is 10.1 Å². The number of piperidine rings is 1. The van der Waals surface area contributed by atoms with Crippen molar-refractivity contribution in [2.75, 3.05) is 19.7 Å². The summed E-state index contributed by atoms with van der Waals surface area (Å²) in [6, 6.07) is 1.81. The third-order valence-corrected chi connectivity index (χ3v) is 2.95. The Balaban J connectivity index is 0.00000128. The van der Waals surface area contributed by atoms with Crippen molar-refractivity contribution in [1.82, 2.24) is 10.3 Å². The van der Waals surface area contributed by atoms with Gasteiger partial charge in [-0.2, -0.15) is 0 Å². The number of hydrogen-bond donors (Lipinski definition) is 1. The standard InChI is InChI=1S/C11H15ClN2O.2ClH/c12-10-7-14-6-3-11(10)15-8-9-1-4-13-5-2-9;;/h3,6-7,9,13H,1-2,4-5,8H2;2*1H. The van der Waals surface area contributed by atoms with Crippen LogP contribution in [0.3, 0.4) is 0 Å². The molecule has 1 aliphatic rings. The van der Waals surface area contributed by atoms with E-state index in [1.54, 1.807) is 12.4 Å². The zero-order valence-electron chi connectivity index (χ0n) is 9.39. The third-order valence-electron chi connectivity index (χ3n) is 2.67. The van der Waals surface area contributed by atoms with Gasteiger partial charge in [0.25, 0.3) is 0 Å². The van der Waals surface area contributed by atoms with Crippen molar-refractivity contribution in [3.8, 4) is 5.75 Å². The van der Waals surface area contributed by atoms with E-state index < -0.39 is 0 Å². The molecule has 0 unspecified atom stereocenters. The fourth-order valence-corrected chi connectivity index (χ4v) is 1.91. The highest BCUT2D eigenvalue weighted by atomic mass is 35.5. The Hall–Kier alpha value is -0.220. The molecule has 1 saturated heterocycles. The summed E-state index contributed by atoms with van der Waals surface area (Å²) in [6.07, 6.45) is 5.67. The van der Waals surface area contributed by atoms with Crippen LogP contribution in [0.1, 0.15) is 12.8 Å². The summed E-state index contributed by atoms with van der Waals surface area (Å²) in [6.45, 7) is 2.95. The number of aromatic nitrogens is 1. The predicted molar refractivity (Wildman–Crippen MR) is 74.8 cm³/mol. The molecule has 3 nitrogen and oxygen atoms in total. The zero-order chi connectivity index (χ0) is 10.5. The van der Waals surface area contributed by atoms with Gasteiger partial charge >= 0.3 is 0 Å². The summed E-state index contributed by atoms with van der Waals surface area (Å²) in [4.78, 5) is 3.92. The smallest absolute Gasteiger partial charge is 0.141 e. The summed E-state index contributed by atoms with van der Waals surface area (Å²) in [5.41, 5.74) is 0. The Morgan fingerprint density at radius 2 is 2.06 bits per heavy atom. The Bertz CT molecular complexity index is 319. The predicted octanol–water partition coefficient (Wildman–Crippen LogP) is 2.96. The van der Waals surface area contributed by atoms with Gasteiger partial charge in [-0.15, -0.1) is 24.8 Å². The molecule has 0 bridgehead atoms. The molecule has 0 atom stereocenters. The molecule has 98 valence electrons. The van der Waals surface area contributed by atoms with Crippen LogP contribution in [0.4, 0.5) is 0 Å². The van der Waals surface area contributed by atoms with Crippen LogP contribution >= 0.6 is 36.4 Å². The first-order chi connectivity index (χ1) is 7.36. The van der Waals surface area contributed by atoms with E-state index in [2.05, 4.69) is 10.3 Å². The third kappa shape index (κ3) is 5.30. The number of nitrogens with one attached hydrogen (secondary N) is 1. The van der Waals surface area contributed by atoms with Gasteiger partial charge in [-0.25, -0.2) is 0 Å². The molecule has 1 aromatic rings. The first-order valence-corrected chi connectivity index (χ1v) is 5.67. The maximum Gasteiger partial charge on any atom is 0.141 e. The molecule has 0 aromatic carbocycles. The van der Waals surface area contributed by atoms with Crippen LogP contribution in [-0.4, -0.2) is 24.7 Å². The molecule has 1 fully saturated rings. The number of ether oxygens (including phenoxy) is 1. The number of hydrogen-bond acceptors (Lipinski definition) is 3. The minimum absolute atomic E-state index is 0. The van der Waals surface area contributed by atoms with Crippen LogP contribution in [0.5, 0.6) is 5.75 Å². The maximum atomic E-state index is 5.94. The van der Waals surface area contributed by atoms with E-state index in [4.69, 9.17) is 16.3 Å². The maximum absolute atomic E-state index is 5.94. The van der Waals surface area contributed by atoms with Crippen molar-refractivity contribution < 1.29 is 4.74 Å². The van der Waals surface area contributed by atoms with E-state index in [1.165, 1.54) is 12.8 Å². The number of rotatable bonds is 3. The molecule has 0 aliphatic carbocycles. The van der Waals surface area contributed by atoms with Crippen molar-refractivity contribution in [1.29, 1.82) is 0 Å². The van der Waals surface area contributed by atoms with Gasteiger partial charge in [0.05, 0.1) is 6.61 Å². The summed E-state index contributed by atoms with van der Waals surface area (Å²) in [5.74, 6) is 1.39. The molecule has 6 heteroatoms. The SMILES string of the molecule is Cl.Cl.Clc1cnccc1OCC1CCNCC1. The van der Waals surface area contributed by atoms with Gasteiger partial charge in [0, 0.05) is 18.5 Å². The molecular weight excluding hydrogens is 282 g/mol. The van der Waals surface area contributed by atoms with Gasteiger partial charge < -0.3 is 10.1 Å². The Morgan fingerprint density at radius 3 is 2.71 bits per heavy atom. The van der Waals surface area contributed by atoms with Crippen molar-refractivity contribution >= 4 is 36.4 Å². The van der Waals surface area contributed by atoms with Crippen molar-refractivity contribution in [3.63, 3.8) is 0 Å². The normalized spacial score (nSPS) is 15.6. The fraction of sp³-hybridized carbons (Fsp3) is 0.545. The number of halogens is 3. The lowest BCUT2D eigenvalue weighted by molar-refractivity contribution is 0.215. The molecule has 2 heterocycles.